The second-order valence-electron chi connectivity index (χ2n) is 8.07. The highest BCUT2D eigenvalue weighted by Crippen LogP contribution is 2.58. The molecule has 3 aliphatic rings. The Morgan fingerprint density at radius 1 is 1.31 bits per heavy atom. The normalized spacial score (nSPS) is 34.8. The molecule has 1 N–H and O–H groups in total. The van der Waals surface area contributed by atoms with Gasteiger partial charge >= 0.3 is 0 Å². The molecule has 2 bridgehead atoms. The fraction of sp³-hybridized carbons (Fsp3) is 0.500. The number of hydrogen-bond acceptors (Lipinski definition) is 3. The van der Waals surface area contributed by atoms with Gasteiger partial charge in [0.25, 0.3) is 0 Å². The van der Waals surface area contributed by atoms with Crippen LogP contribution in [0.4, 0.5) is 4.39 Å². The van der Waals surface area contributed by atoms with Gasteiger partial charge in [-0.25, -0.2) is 4.39 Å². The maximum atomic E-state index is 13.6. The van der Waals surface area contributed by atoms with Gasteiger partial charge in [0, 0.05) is 17.3 Å². The van der Waals surface area contributed by atoms with E-state index in [4.69, 9.17) is 0 Å². The van der Waals surface area contributed by atoms with Gasteiger partial charge in [-0.15, -0.1) is 0 Å². The summed E-state index contributed by atoms with van der Waals surface area (Å²) in [4.78, 5) is 6.31. The van der Waals surface area contributed by atoms with Crippen molar-refractivity contribution < 1.29 is 9.50 Å². The van der Waals surface area contributed by atoms with Gasteiger partial charge in [0.1, 0.15) is 5.82 Å². The van der Waals surface area contributed by atoms with Crippen LogP contribution < -0.4 is 0 Å². The first kappa shape index (κ1) is 17.6. The highest BCUT2D eigenvalue weighted by molar-refractivity contribution is 5.26. The minimum Gasteiger partial charge on any atom is -0.386 e. The molecule has 0 spiro atoms. The maximum Gasteiger partial charge on any atom is 0.141 e. The Hall–Kier alpha value is -1.78. The van der Waals surface area contributed by atoms with Crippen LogP contribution in [-0.4, -0.2) is 33.1 Å². The number of aliphatic hydroxyl groups excluding tert-OH is 1. The van der Waals surface area contributed by atoms with Gasteiger partial charge in [0.05, 0.1) is 17.8 Å². The Morgan fingerprint density at radius 3 is 2.81 bits per heavy atom. The number of nitrogens with zero attached hydrogens (tertiary/aromatic N) is 2. The number of aromatic nitrogens is 1. The average molecular weight is 354 g/mol. The highest BCUT2D eigenvalue weighted by atomic mass is 19.1. The van der Waals surface area contributed by atoms with Crippen molar-refractivity contribution in [1.29, 1.82) is 0 Å². The lowest BCUT2D eigenvalue weighted by molar-refractivity contribution is 0.00221. The maximum absolute atomic E-state index is 13.6. The summed E-state index contributed by atoms with van der Waals surface area (Å²) in [5.41, 5.74) is 0.410. The van der Waals surface area contributed by atoms with E-state index in [0.717, 1.165) is 38.5 Å². The van der Waals surface area contributed by atoms with Gasteiger partial charge in [0.15, 0.2) is 0 Å². The summed E-state index contributed by atoms with van der Waals surface area (Å²) in [5.74, 6) is 0.110. The molecule has 3 heterocycles. The molecule has 0 aromatic carbocycles. The van der Waals surface area contributed by atoms with Gasteiger partial charge in [-0.3, -0.25) is 9.88 Å². The van der Waals surface area contributed by atoms with E-state index in [-0.39, 0.29) is 16.9 Å². The van der Waals surface area contributed by atoms with Crippen molar-refractivity contribution in [2.45, 2.75) is 55.7 Å². The number of hydrogen-bond donors (Lipinski definition) is 1. The second-order valence-corrected chi connectivity index (χ2v) is 8.07. The SMILES string of the molecule is CN1C2(C/C=C/C3C=CC=CC3)CCC1([C@@H](O)c1cncc(F)c1)CC2. The number of halogens is 1. The fourth-order valence-corrected chi connectivity index (χ4v) is 5.18. The molecular formula is C22H27FN2O. The van der Waals surface area contributed by atoms with Crippen molar-refractivity contribution in [2.24, 2.45) is 5.92 Å². The molecule has 0 saturated carbocycles. The molecular weight excluding hydrogens is 327 g/mol. The predicted molar refractivity (Wildman–Crippen MR) is 101 cm³/mol. The van der Waals surface area contributed by atoms with E-state index in [1.807, 2.05) is 0 Å². The number of allylic oxidation sites excluding steroid dienone is 5. The molecule has 2 atom stereocenters. The summed E-state index contributed by atoms with van der Waals surface area (Å²) in [7, 11) is 2.13. The van der Waals surface area contributed by atoms with Crippen LogP contribution in [0.15, 0.2) is 54.9 Å². The molecule has 4 heteroatoms. The van der Waals surface area contributed by atoms with Crippen LogP contribution in [0, 0.1) is 11.7 Å². The summed E-state index contributed by atoms with van der Waals surface area (Å²) in [5, 5.41) is 11.1. The number of pyridine rings is 1. The molecule has 26 heavy (non-hydrogen) atoms. The third kappa shape index (κ3) is 2.85. The first-order chi connectivity index (χ1) is 12.6. The van der Waals surface area contributed by atoms with Crippen molar-refractivity contribution in [1.82, 2.24) is 9.88 Å². The Labute approximate surface area is 154 Å². The molecule has 2 fully saturated rings. The third-order valence-electron chi connectivity index (χ3n) is 6.87. The van der Waals surface area contributed by atoms with Gasteiger partial charge in [-0.1, -0.05) is 36.5 Å². The Balaban J connectivity index is 1.49. The van der Waals surface area contributed by atoms with E-state index in [2.05, 4.69) is 53.4 Å². The van der Waals surface area contributed by atoms with E-state index < -0.39 is 6.10 Å². The molecule has 0 radical (unpaired) electrons. The van der Waals surface area contributed by atoms with Gasteiger partial charge in [0.2, 0.25) is 0 Å². The first-order valence-electron chi connectivity index (χ1n) is 9.58. The monoisotopic (exact) mass is 354 g/mol. The molecule has 138 valence electrons. The van der Waals surface area contributed by atoms with E-state index in [1.165, 1.54) is 12.3 Å². The van der Waals surface area contributed by atoms with Gasteiger partial charge in [-0.2, -0.15) is 0 Å². The molecule has 1 aromatic heterocycles. The standard InChI is InChI=1S/C22H27FN2O/c1-25-21(9-5-8-17-6-3-2-4-7-17)10-12-22(25,13-11-21)20(26)18-14-19(23)16-24-15-18/h2-6,8,14-17,20,26H,7,9-13H2,1H3/b8-5+/t17?,20-,21?,22?/m0/s1. The van der Waals surface area contributed by atoms with Crippen LogP contribution in [0.25, 0.3) is 0 Å². The minimum atomic E-state index is -0.699. The summed E-state index contributed by atoms with van der Waals surface area (Å²) >= 11 is 0. The van der Waals surface area contributed by atoms with Crippen molar-refractivity contribution in [3.63, 3.8) is 0 Å². The lowest BCUT2D eigenvalue weighted by atomic mass is 9.77. The lowest BCUT2D eigenvalue weighted by Gasteiger charge is -2.39. The highest BCUT2D eigenvalue weighted by Gasteiger charge is 2.61. The number of rotatable bonds is 5. The quantitative estimate of drug-likeness (QED) is 0.800. The summed E-state index contributed by atoms with van der Waals surface area (Å²) in [6.45, 7) is 0. The molecule has 2 saturated heterocycles. The van der Waals surface area contributed by atoms with Crippen LogP contribution in [0.5, 0.6) is 0 Å². The van der Waals surface area contributed by atoms with Crippen LogP contribution in [-0.2, 0) is 0 Å². The largest absolute Gasteiger partial charge is 0.386 e. The summed E-state index contributed by atoms with van der Waals surface area (Å²) in [6, 6.07) is 1.42. The van der Waals surface area contributed by atoms with Crippen molar-refractivity contribution in [3.8, 4) is 0 Å². The van der Waals surface area contributed by atoms with Crippen LogP contribution in [0.2, 0.25) is 0 Å². The van der Waals surface area contributed by atoms with Crippen LogP contribution in [0.1, 0.15) is 50.2 Å². The van der Waals surface area contributed by atoms with Crippen LogP contribution in [0.3, 0.4) is 0 Å². The minimum absolute atomic E-state index is 0.118. The van der Waals surface area contributed by atoms with E-state index >= 15 is 0 Å². The number of fused-ring (bicyclic) bond motifs is 2. The zero-order valence-corrected chi connectivity index (χ0v) is 15.3. The molecule has 1 aromatic rings. The second kappa shape index (κ2) is 6.75. The topological polar surface area (TPSA) is 36.4 Å². The first-order valence-corrected chi connectivity index (χ1v) is 9.58. The third-order valence-corrected chi connectivity index (χ3v) is 6.87. The van der Waals surface area contributed by atoms with Gasteiger partial charge < -0.3 is 5.11 Å². The number of likely N-dealkylation sites (N-methyl/N-ethyl adjacent to an activating group) is 1. The van der Waals surface area contributed by atoms with Crippen molar-refractivity contribution in [3.05, 3.63) is 66.3 Å². The lowest BCUT2D eigenvalue weighted by Crippen LogP contribution is -2.47. The fourth-order valence-electron chi connectivity index (χ4n) is 5.18. The average Bonchev–Trinajstić information content (AvgIpc) is 3.10. The molecule has 4 rings (SSSR count). The molecule has 0 amide bonds. The smallest absolute Gasteiger partial charge is 0.141 e. The van der Waals surface area contributed by atoms with Crippen molar-refractivity contribution in [2.75, 3.05) is 7.05 Å². The Bertz CT molecular complexity index is 746. The van der Waals surface area contributed by atoms with Crippen LogP contribution >= 0.6 is 0 Å². The van der Waals surface area contributed by atoms with Gasteiger partial charge in [-0.05, 0) is 57.6 Å². The van der Waals surface area contributed by atoms with Crippen molar-refractivity contribution >= 4 is 0 Å². The Morgan fingerprint density at radius 2 is 2.12 bits per heavy atom. The van der Waals surface area contributed by atoms with E-state index in [1.54, 1.807) is 6.20 Å². The predicted octanol–water partition coefficient (Wildman–Crippen LogP) is 4.33. The molecule has 1 unspecified atom stereocenters. The Kier molecular flexibility index (Phi) is 4.57. The summed E-state index contributed by atoms with van der Waals surface area (Å²) in [6.07, 6.45) is 21.5. The zero-order valence-electron chi connectivity index (χ0n) is 15.3. The molecule has 1 aliphatic carbocycles. The summed E-state index contributed by atoms with van der Waals surface area (Å²) < 4.78 is 13.6. The van der Waals surface area contributed by atoms with E-state index in [9.17, 15) is 9.50 Å². The zero-order chi connectivity index (χ0) is 18.2. The van der Waals surface area contributed by atoms with E-state index in [0.29, 0.717) is 11.5 Å². The molecule has 3 nitrogen and oxygen atoms in total. The number of aliphatic hydroxyl groups is 1. The molecule has 2 aliphatic heterocycles.